The lowest BCUT2D eigenvalue weighted by Gasteiger charge is -2.28. The normalized spacial score (nSPS) is 15.6. The molecule has 4 nitrogen and oxygen atoms in total. The number of hydrogen-bond acceptors (Lipinski definition) is 4. The van der Waals surface area contributed by atoms with Crippen molar-refractivity contribution >= 4 is 10.2 Å². The van der Waals surface area contributed by atoms with Crippen LogP contribution in [0.15, 0.2) is 0 Å². The van der Waals surface area contributed by atoms with Crippen LogP contribution in [0.25, 0.3) is 0 Å². The van der Waals surface area contributed by atoms with E-state index in [0.29, 0.717) is 13.2 Å². The Morgan fingerprint density at radius 2 is 2.21 bits per heavy atom. The number of nitrogens with one attached hydrogen (secondary N) is 1. The third-order valence-corrected chi connectivity index (χ3v) is 3.47. The standard InChI is InChI=1S/C9H23NO3Si/c1-10-5-3-4-9(14,12-2)8-13-7-6-11/h10-11H,3-8H2,1-2,14H3. The molecule has 0 aliphatic heterocycles. The first kappa shape index (κ1) is 14.1. The lowest BCUT2D eigenvalue weighted by Crippen LogP contribution is -2.38. The van der Waals surface area contributed by atoms with Crippen LogP contribution in [0.4, 0.5) is 0 Å². The van der Waals surface area contributed by atoms with Gasteiger partial charge in [-0.3, -0.25) is 0 Å². The fraction of sp³-hybridized carbons (Fsp3) is 1.00. The van der Waals surface area contributed by atoms with Gasteiger partial charge in [0.25, 0.3) is 0 Å². The molecule has 0 aromatic carbocycles. The van der Waals surface area contributed by atoms with Crippen LogP contribution in [0.2, 0.25) is 0 Å². The van der Waals surface area contributed by atoms with Crippen LogP contribution in [0.1, 0.15) is 12.8 Å². The molecule has 14 heavy (non-hydrogen) atoms. The van der Waals surface area contributed by atoms with E-state index in [1.165, 1.54) is 0 Å². The van der Waals surface area contributed by atoms with Crippen molar-refractivity contribution < 1.29 is 14.6 Å². The Hall–Kier alpha value is 0.0569. The molecule has 0 amide bonds. The third-order valence-electron chi connectivity index (χ3n) is 2.27. The second kappa shape index (κ2) is 8.37. The van der Waals surface area contributed by atoms with Crippen LogP contribution in [0, 0.1) is 0 Å². The van der Waals surface area contributed by atoms with Crippen molar-refractivity contribution in [1.29, 1.82) is 0 Å². The molecule has 0 aliphatic carbocycles. The zero-order valence-corrected chi connectivity index (χ0v) is 11.5. The minimum atomic E-state index is -0.0912. The van der Waals surface area contributed by atoms with E-state index in [1.54, 1.807) is 7.11 Å². The van der Waals surface area contributed by atoms with Crippen LogP contribution in [0.5, 0.6) is 0 Å². The first-order valence-corrected chi connectivity index (χ1v) is 6.07. The van der Waals surface area contributed by atoms with E-state index in [-0.39, 0.29) is 11.8 Å². The van der Waals surface area contributed by atoms with Gasteiger partial charge < -0.3 is 19.9 Å². The molecule has 1 unspecified atom stereocenters. The van der Waals surface area contributed by atoms with Crippen molar-refractivity contribution in [2.24, 2.45) is 0 Å². The highest BCUT2D eigenvalue weighted by Crippen LogP contribution is 2.13. The summed E-state index contributed by atoms with van der Waals surface area (Å²) in [5.74, 6) is 0. The summed E-state index contributed by atoms with van der Waals surface area (Å²) in [5, 5.41) is 11.6. The Balaban J connectivity index is 3.67. The van der Waals surface area contributed by atoms with Gasteiger partial charge in [0.05, 0.1) is 25.0 Å². The van der Waals surface area contributed by atoms with Gasteiger partial charge in [0, 0.05) is 17.4 Å². The SMILES string of the molecule is CNCCCC([SiH3])(COCCO)OC. The number of aliphatic hydroxyl groups excluding tert-OH is 1. The Labute approximate surface area is 89.4 Å². The quantitative estimate of drug-likeness (QED) is 0.375. The molecular weight excluding hydrogens is 198 g/mol. The highest BCUT2D eigenvalue weighted by atomic mass is 28.1. The molecule has 0 rings (SSSR count). The minimum absolute atomic E-state index is 0.0812. The molecular formula is C9H23NO3Si. The van der Waals surface area contributed by atoms with Gasteiger partial charge in [-0.2, -0.15) is 0 Å². The maximum atomic E-state index is 8.59. The van der Waals surface area contributed by atoms with E-state index in [9.17, 15) is 0 Å². The Morgan fingerprint density at radius 3 is 2.71 bits per heavy atom. The summed E-state index contributed by atoms with van der Waals surface area (Å²) in [6, 6.07) is 0. The monoisotopic (exact) mass is 221 g/mol. The fourth-order valence-corrected chi connectivity index (χ4v) is 1.78. The molecule has 0 spiro atoms. The Morgan fingerprint density at radius 1 is 1.50 bits per heavy atom. The highest BCUT2D eigenvalue weighted by Gasteiger charge is 2.22. The number of hydrogen-bond donors (Lipinski definition) is 2. The van der Waals surface area contributed by atoms with Crippen molar-refractivity contribution in [3.8, 4) is 0 Å². The third kappa shape index (κ3) is 6.50. The molecule has 0 aliphatic rings. The zero-order valence-electron chi connectivity index (χ0n) is 9.51. The second-order valence-electron chi connectivity index (χ2n) is 3.64. The first-order chi connectivity index (χ1) is 6.68. The van der Waals surface area contributed by atoms with E-state index >= 15 is 0 Å². The second-order valence-corrected chi connectivity index (χ2v) is 5.46. The lowest BCUT2D eigenvalue weighted by atomic mass is 10.2. The maximum Gasteiger partial charge on any atom is 0.0717 e. The molecule has 0 fully saturated rings. The summed E-state index contributed by atoms with van der Waals surface area (Å²) in [4.78, 5) is 0. The van der Waals surface area contributed by atoms with Gasteiger partial charge in [-0.1, -0.05) is 0 Å². The lowest BCUT2D eigenvalue weighted by molar-refractivity contribution is -0.0327. The molecule has 86 valence electrons. The molecule has 0 saturated carbocycles. The average Bonchev–Trinajstić information content (AvgIpc) is 2.19. The number of aliphatic hydroxyl groups is 1. The van der Waals surface area contributed by atoms with Gasteiger partial charge in [-0.05, 0) is 26.4 Å². The number of ether oxygens (including phenoxy) is 2. The van der Waals surface area contributed by atoms with Crippen LogP contribution in [-0.2, 0) is 9.47 Å². The van der Waals surface area contributed by atoms with Crippen molar-refractivity contribution in [2.45, 2.75) is 18.1 Å². The predicted octanol–water partition coefficient (Wildman–Crippen LogP) is -1.30. The summed E-state index contributed by atoms with van der Waals surface area (Å²) in [6.07, 6.45) is 2.11. The fourth-order valence-electron chi connectivity index (χ4n) is 1.22. The zero-order chi connectivity index (χ0) is 10.9. The van der Waals surface area contributed by atoms with E-state index in [4.69, 9.17) is 14.6 Å². The molecule has 0 bridgehead atoms. The maximum absolute atomic E-state index is 8.59. The molecule has 0 heterocycles. The summed E-state index contributed by atoms with van der Waals surface area (Å²) in [6.45, 7) is 2.09. The van der Waals surface area contributed by atoms with Crippen molar-refractivity contribution in [1.82, 2.24) is 5.32 Å². The average molecular weight is 221 g/mol. The van der Waals surface area contributed by atoms with Crippen molar-refractivity contribution in [3.63, 3.8) is 0 Å². The highest BCUT2D eigenvalue weighted by molar-refractivity contribution is 6.14. The summed E-state index contributed by atoms with van der Waals surface area (Å²) in [5.41, 5.74) is 0. The van der Waals surface area contributed by atoms with E-state index in [0.717, 1.165) is 29.6 Å². The van der Waals surface area contributed by atoms with Gasteiger partial charge in [-0.25, -0.2) is 0 Å². The van der Waals surface area contributed by atoms with Crippen molar-refractivity contribution in [3.05, 3.63) is 0 Å². The molecule has 2 N–H and O–H groups in total. The van der Waals surface area contributed by atoms with E-state index in [2.05, 4.69) is 5.32 Å². The molecule has 1 atom stereocenters. The molecule has 5 heteroatoms. The molecule has 0 radical (unpaired) electrons. The van der Waals surface area contributed by atoms with Crippen LogP contribution in [0.3, 0.4) is 0 Å². The largest absolute Gasteiger partial charge is 0.394 e. The molecule has 0 saturated heterocycles. The van der Waals surface area contributed by atoms with Gasteiger partial charge in [0.2, 0.25) is 0 Å². The van der Waals surface area contributed by atoms with Gasteiger partial charge >= 0.3 is 0 Å². The Kier molecular flexibility index (Phi) is 8.41. The van der Waals surface area contributed by atoms with Gasteiger partial charge in [0.15, 0.2) is 0 Å². The van der Waals surface area contributed by atoms with E-state index < -0.39 is 0 Å². The van der Waals surface area contributed by atoms with Gasteiger partial charge in [0.1, 0.15) is 0 Å². The summed E-state index contributed by atoms with van der Waals surface area (Å²) in [7, 11) is 4.63. The Bertz CT molecular complexity index is 125. The topological polar surface area (TPSA) is 50.7 Å². The van der Waals surface area contributed by atoms with Crippen LogP contribution >= 0.6 is 0 Å². The van der Waals surface area contributed by atoms with Crippen LogP contribution in [-0.4, -0.2) is 61.1 Å². The number of rotatable bonds is 9. The first-order valence-electron chi connectivity index (χ1n) is 5.07. The molecule has 0 aromatic heterocycles. The number of methoxy groups -OCH3 is 1. The van der Waals surface area contributed by atoms with Crippen LogP contribution < -0.4 is 5.32 Å². The minimum Gasteiger partial charge on any atom is -0.394 e. The summed E-state index contributed by atoms with van der Waals surface area (Å²) >= 11 is 0. The smallest absolute Gasteiger partial charge is 0.0717 e. The van der Waals surface area contributed by atoms with E-state index in [1.807, 2.05) is 7.05 Å². The van der Waals surface area contributed by atoms with Gasteiger partial charge in [-0.15, -0.1) is 0 Å². The van der Waals surface area contributed by atoms with Crippen molar-refractivity contribution in [2.75, 3.05) is 40.5 Å². The predicted molar refractivity (Wildman–Crippen MR) is 60.7 cm³/mol. The molecule has 0 aromatic rings. The summed E-state index contributed by atoms with van der Waals surface area (Å²) < 4.78 is 10.8.